The van der Waals surface area contributed by atoms with Crippen molar-refractivity contribution in [3.05, 3.63) is 0 Å². The van der Waals surface area contributed by atoms with E-state index >= 15 is 0 Å². The number of hydrazine groups is 1. The summed E-state index contributed by atoms with van der Waals surface area (Å²) in [4.78, 5) is 0. The van der Waals surface area contributed by atoms with Gasteiger partial charge in [0, 0.05) is 12.0 Å². The van der Waals surface area contributed by atoms with E-state index in [-0.39, 0.29) is 5.92 Å². The van der Waals surface area contributed by atoms with Gasteiger partial charge in [-0.15, -0.1) is 0 Å². The van der Waals surface area contributed by atoms with Crippen molar-refractivity contribution in [2.45, 2.75) is 64.0 Å². The molecular weight excluding hydrogens is 233 g/mol. The summed E-state index contributed by atoms with van der Waals surface area (Å²) in [6.45, 7) is 7.39. The zero-order valence-electron chi connectivity index (χ0n) is 10.7. The highest BCUT2D eigenvalue weighted by Crippen LogP contribution is 2.45. The summed E-state index contributed by atoms with van der Waals surface area (Å²) in [6.07, 6.45) is -4.60. The lowest BCUT2D eigenvalue weighted by atomic mass is 9.80. The summed E-state index contributed by atoms with van der Waals surface area (Å²) in [5.41, 5.74) is 1.28. The van der Waals surface area contributed by atoms with Crippen molar-refractivity contribution in [1.29, 1.82) is 0 Å². The Morgan fingerprint density at radius 2 is 1.88 bits per heavy atom. The first-order valence-corrected chi connectivity index (χ1v) is 5.70. The Kier molecular flexibility index (Phi) is 3.82. The Hall–Kier alpha value is -0.330. The lowest BCUT2D eigenvalue weighted by molar-refractivity contribution is -0.147. The van der Waals surface area contributed by atoms with Gasteiger partial charge in [0.2, 0.25) is 0 Å². The second-order valence-electron chi connectivity index (χ2n) is 5.87. The first kappa shape index (κ1) is 14.7. The van der Waals surface area contributed by atoms with Gasteiger partial charge in [0.1, 0.15) is 0 Å². The van der Waals surface area contributed by atoms with Crippen LogP contribution in [-0.2, 0) is 4.74 Å². The van der Waals surface area contributed by atoms with E-state index in [9.17, 15) is 13.2 Å². The molecule has 1 aliphatic heterocycles. The Morgan fingerprint density at radius 3 is 2.18 bits per heavy atom. The van der Waals surface area contributed by atoms with E-state index in [2.05, 4.69) is 5.43 Å². The zero-order chi connectivity index (χ0) is 13.5. The zero-order valence-corrected chi connectivity index (χ0v) is 10.7. The maximum Gasteiger partial charge on any atom is 0.390 e. The lowest BCUT2D eigenvalue weighted by Crippen LogP contribution is -2.49. The number of rotatable bonds is 3. The van der Waals surface area contributed by atoms with Gasteiger partial charge in [0.25, 0.3) is 0 Å². The molecule has 1 fully saturated rings. The minimum absolute atomic E-state index is 0.260. The summed E-state index contributed by atoms with van der Waals surface area (Å²) in [5, 5.41) is 0. The van der Waals surface area contributed by atoms with Crippen LogP contribution in [0.2, 0.25) is 0 Å². The predicted octanol–water partition coefficient (Wildman–Crippen LogP) is 2.36. The highest BCUT2D eigenvalue weighted by atomic mass is 19.4. The molecule has 2 atom stereocenters. The third-order valence-corrected chi connectivity index (χ3v) is 3.29. The van der Waals surface area contributed by atoms with E-state index in [1.54, 1.807) is 0 Å². The molecule has 2 unspecified atom stereocenters. The third-order valence-electron chi connectivity index (χ3n) is 3.29. The Labute approximate surface area is 99.9 Å². The number of hydrogen-bond acceptors (Lipinski definition) is 3. The molecule has 0 saturated carbocycles. The smallest absolute Gasteiger partial charge is 0.369 e. The maximum atomic E-state index is 12.5. The van der Waals surface area contributed by atoms with E-state index in [0.717, 1.165) is 0 Å². The maximum absolute atomic E-state index is 12.5. The molecule has 1 saturated heterocycles. The molecule has 0 aromatic heterocycles. The number of ether oxygens (including phenoxy) is 1. The number of halogens is 3. The van der Waals surface area contributed by atoms with Gasteiger partial charge >= 0.3 is 6.18 Å². The van der Waals surface area contributed by atoms with Crippen molar-refractivity contribution in [2.75, 3.05) is 0 Å². The van der Waals surface area contributed by atoms with Crippen molar-refractivity contribution in [1.82, 2.24) is 5.43 Å². The Morgan fingerprint density at radius 1 is 1.35 bits per heavy atom. The SMILES string of the molecule is CC1(C)CC(C(CC(F)(F)F)NN)C(C)(C)O1. The molecule has 6 heteroatoms. The largest absolute Gasteiger partial charge is 0.390 e. The van der Waals surface area contributed by atoms with E-state index in [0.29, 0.717) is 6.42 Å². The molecule has 3 N–H and O–H groups in total. The van der Waals surface area contributed by atoms with Crippen LogP contribution in [0, 0.1) is 5.92 Å². The molecule has 102 valence electrons. The van der Waals surface area contributed by atoms with Crippen LogP contribution in [0.15, 0.2) is 0 Å². The lowest BCUT2D eigenvalue weighted by Gasteiger charge is -2.33. The van der Waals surface area contributed by atoms with Gasteiger partial charge in [-0.1, -0.05) is 0 Å². The second kappa shape index (κ2) is 4.40. The number of alkyl halides is 3. The molecule has 0 spiro atoms. The summed E-state index contributed by atoms with van der Waals surface area (Å²) in [6, 6.07) is -0.813. The number of nitrogens with one attached hydrogen (secondary N) is 1. The van der Waals surface area contributed by atoms with Crippen LogP contribution in [0.5, 0.6) is 0 Å². The Bertz CT molecular complexity index is 276. The van der Waals surface area contributed by atoms with Crippen LogP contribution < -0.4 is 11.3 Å². The van der Waals surface area contributed by atoms with Crippen LogP contribution >= 0.6 is 0 Å². The monoisotopic (exact) mass is 254 g/mol. The van der Waals surface area contributed by atoms with Crippen LogP contribution in [0.1, 0.15) is 40.5 Å². The summed E-state index contributed by atoms with van der Waals surface area (Å²) in [7, 11) is 0. The minimum atomic E-state index is -4.22. The standard InChI is InChI=1S/C11H21F3N2O/c1-9(2)5-7(10(3,4)17-9)8(16-15)6-11(12,13)14/h7-8,16H,5-6,15H2,1-4H3. The Balaban J connectivity index is 2.82. The van der Waals surface area contributed by atoms with E-state index in [1.807, 2.05) is 27.7 Å². The van der Waals surface area contributed by atoms with Crippen LogP contribution in [0.3, 0.4) is 0 Å². The van der Waals surface area contributed by atoms with Crippen LogP contribution in [0.4, 0.5) is 13.2 Å². The van der Waals surface area contributed by atoms with Gasteiger partial charge in [-0.2, -0.15) is 13.2 Å². The molecule has 0 aliphatic carbocycles. The molecule has 0 radical (unpaired) electrons. The van der Waals surface area contributed by atoms with Crippen LogP contribution in [-0.4, -0.2) is 23.4 Å². The van der Waals surface area contributed by atoms with Crippen molar-refractivity contribution in [3.8, 4) is 0 Å². The van der Waals surface area contributed by atoms with Crippen LogP contribution in [0.25, 0.3) is 0 Å². The van der Waals surface area contributed by atoms with Gasteiger partial charge in [-0.05, 0) is 34.1 Å². The van der Waals surface area contributed by atoms with Crippen molar-refractivity contribution in [2.24, 2.45) is 11.8 Å². The molecule has 1 heterocycles. The predicted molar refractivity (Wildman–Crippen MR) is 59.1 cm³/mol. The van der Waals surface area contributed by atoms with Crippen molar-refractivity contribution in [3.63, 3.8) is 0 Å². The first-order chi connectivity index (χ1) is 7.47. The fourth-order valence-corrected chi connectivity index (χ4v) is 2.80. The van der Waals surface area contributed by atoms with Gasteiger partial charge in [0.15, 0.2) is 0 Å². The molecule has 0 aromatic rings. The number of hydrogen-bond donors (Lipinski definition) is 2. The first-order valence-electron chi connectivity index (χ1n) is 5.70. The second-order valence-corrected chi connectivity index (χ2v) is 5.87. The van der Waals surface area contributed by atoms with Gasteiger partial charge < -0.3 is 4.74 Å². The van der Waals surface area contributed by atoms with Crippen molar-refractivity contribution >= 4 is 0 Å². The average molecular weight is 254 g/mol. The molecule has 0 bridgehead atoms. The number of nitrogens with two attached hydrogens (primary N) is 1. The van der Waals surface area contributed by atoms with E-state index < -0.39 is 29.8 Å². The molecule has 1 aliphatic rings. The molecule has 0 amide bonds. The fourth-order valence-electron chi connectivity index (χ4n) is 2.80. The average Bonchev–Trinajstić information content (AvgIpc) is 2.28. The minimum Gasteiger partial charge on any atom is -0.369 e. The topological polar surface area (TPSA) is 47.3 Å². The normalized spacial score (nSPS) is 29.3. The van der Waals surface area contributed by atoms with Gasteiger partial charge in [-0.25, -0.2) is 0 Å². The third kappa shape index (κ3) is 3.82. The van der Waals surface area contributed by atoms with Gasteiger partial charge in [-0.3, -0.25) is 11.3 Å². The highest BCUT2D eigenvalue weighted by molar-refractivity contribution is 4.99. The molecule has 0 aromatic carbocycles. The summed E-state index contributed by atoms with van der Waals surface area (Å²) in [5.74, 6) is 5.00. The van der Waals surface area contributed by atoms with Gasteiger partial charge in [0.05, 0.1) is 17.6 Å². The molecular formula is C11H21F3N2O. The molecule has 17 heavy (non-hydrogen) atoms. The fraction of sp³-hybridized carbons (Fsp3) is 1.00. The molecule has 3 nitrogen and oxygen atoms in total. The summed E-state index contributed by atoms with van der Waals surface area (Å²) < 4.78 is 43.1. The van der Waals surface area contributed by atoms with E-state index in [4.69, 9.17) is 10.6 Å². The van der Waals surface area contributed by atoms with E-state index in [1.165, 1.54) is 0 Å². The molecule has 1 rings (SSSR count). The van der Waals surface area contributed by atoms with Crippen molar-refractivity contribution < 1.29 is 17.9 Å². The quantitative estimate of drug-likeness (QED) is 0.600. The highest BCUT2D eigenvalue weighted by Gasteiger charge is 2.50. The summed E-state index contributed by atoms with van der Waals surface area (Å²) >= 11 is 0.